The first kappa shape index (κ1) is 30.5. The number of urea groups is 1. The van der Waals surface area contributed by atoms with Crippen LogP contribution in [-0.4, -0.2) is 91.4 Å². The zero-order valence-corrected chi connectivity index (χ0v) is 22.1. The number of amides is 5. The molecule has 0 unspecified atom stereocenters. The minimum atomic E-state index is -1.22. The largest absolute Gasteiger partial charge is 0.481 e. The Labute approximate surface area is 234 Å². The van der Waals surface area contributed by atoms with Crippen molar-refractivity contribution in [1.29, 1.82) is 0 Å². The molecule has 1 fully saturated rings. The summed E-state index contributed by atoms with van der Waals surface area (Å²) < 4.78 is 5.29. The summed E-state index contributed by atoms with van der Waals surface area (Å²) in [5.41, 5.74) is 7.65. The smallest absolute Gasteiger partial charge is 0.408 e. The summed E-state index contributed by atoms with van der Waals surface area (Å²) in [6.07, 6.45) is 1.54. The molecule has 41 heavy (non-hydrogen) atoms. The molecular formula is C24H32N10O7. The lowest BCUT2D eigenvalue weighted by Gasteiger charge is -2.37. The number of aryl methyl sites for hydroxylation is 1. The summed E-state index contributed by atoms with van der Waals surface area (Å²) in [6, 6.07) is 4.92. The predicted octanol–water partition coefficient (Wildman–Crippen LogP) is -0.578. The number of aromatic amines is 1. The van der Waals surface area contributed by atoms with Gasteiger partial charge in [0, 0.05) is 19.2 Å². The Bertz CT molecular complexity index is 1210. The third-order valence-electron chi connectivity index (χ3n) is 6.09. The number of hydrazone groups is 1. The van der Waals surface area contributed by atoms with Crippen molar-refractivity contribution in [2.24, 2.45) is 10.8 Å². The number of rotatable bonds is 13. The van der Waals surface area contributed by atoms with Gasteiger partial charge in [-0.2, -0.15) is 10.3 Å². The number of primary amides is 1. The van der Waals surface area contributed by atoms with E-state index in [4.69, 9.17) is 10.5 Å². The van der Waals surface area contributed by atoms with Gasteiger partial charge < -0.3 is 31.1 Å². The molecule has 17 nitrogen and oxygen atoms in total. The maximum Gasteiger partial charge on any atom is 0.408 e. The Hall–Kier alpha value is -5.09. The summed E-state index contributed by atoms with van der Waals surface area (Å²) in [5.74, 6) is -2.03. The van der Waals surface area contributed by atoms with E-state index in [0.717, 1.165) is 11.8 Å². The van der Waals surface area contributed by atoms with Crippen LogP contribution in [0.25, 0.3) is 0 Å². The molecule has 0 radical (unpaired) electrons. The van der Waals surface area contributed by atoms with E-state index >= 15 is 0 Å². The minimum Gasteiger partial charge on any atom is -0.481 e. The van der Waals surface area contributed by atoms with Gasteiger partial charge in [0.1, 0.15) is 18.7 Å². The first-order chi connectivity index (χ1) is 19.7. The van der Waals surface area contributed by atoms with E-state index in [-0.39, 0.29) is 26.0 Å². The number of hydrogen-bond acceptors (Lipinski definition) is 10. The van der Waals surface area contributed by atoms with Crippen LogP contribution in [0.1, 0.15) is 43.5 Å². The maximum atomic E-state index is 13.7. The monoisotopic (exact) mass is 572 g/mol. The number of carbonyl (C=O) groups is 5. The lowest BCUT2D eigenvalue weighted by atomic mass is 9.98. The highest BCUT2D eigenvalue weighted by Gasteiger charge is 2.37. The molecule has 0 saturated carbocycles. The van der Waals surface area contributed by atoms with Crippen LogP contribution in [-0.2, 0) is 32.1 Å². The summed E-state index contributed by atoms with van der Waals surface area (Å²) in [6.45, 7) is 0.224. The average molecular weight is 573 g/mol. The average Bonchev–Trinajstić information content (AvgIpc) is 3.47. The second kappa shape index (κ2) is 15.5. The molecule has 3 rings (SSSR count). The molecule has 0 spiro atoms. The zero-order chi connectivity index (χ0) is 29.6. The normalized spacial score (nSPS) is 16.4. The number of nitrogens with one attached hydrogen (secondary N) is 4. The summed E-state index contributed by atoms with van der Waals surface area (Å²) >= 11 is 0. The van der Waals surface area contributed by atoms with Crippen LogP contribution in [0.15, 0.2) is 35.4 Å². The number of hydrogen-bond donors (Lipinski definition) is 6. The van der Waals surface area contributed by atoms with Crippen molar-refractivity contribution in [3.05, 3.63) is 41.7 Å². The fourth-order valence-electron chi connectivity index (χ4n) is 4.19. The lowest BCUT2D eigenvalue weighted by molar-refractivity contribution is -0.144. The van der Waals surface area contributed by atoms with Crippen LogP contribution in [0.2, 0.25) is 0 Å². The SMILES string of the molecule is NC(=O)N/N=C/[C@H](CC(=O)O)NC(=O)[C@@H]1CCCCN1C(=O)[C@H](CCc1nn[nH]n1)NC(=O)OCc1ccccc1. The Morgan fingerprint density at radius 3 is 2.66 bits per heavy atom. The quantitative estimate of drug-likeness (QED) is 0.132. The Morgan fingerprint density at radius 2 is 1.98 bits per heavy atom. The molecule has 5 amide bonds. The predicted molar refractivity (Wildman–Crippen MR) is 141 cm³/mol. The van der Waals surface area contributed by atoms with Gasteiger partial charge in [0.05, 0.1) is 12.5 Å². The number of ether oxygens (including phenoxy) is 1. The van der Waals surface area contributed by atoms with Gasteiger partial charge in [0.15, 0.2) is 5.82 Å². The van der Waals surface area contributed by atoms with Crippen molar-refractivity contribution in [3.8, 4) is 0 Å². The van der Waals surface area contributed by atoms with E-state index in [1.165, 1.54) is 4.90 Å². The second-order valence-corrected chi connectivity index (χ2v) is 9.14. The van der Waals surface area contributed by atoms with Crippen molar-refractivity contribution >= 4 is 36.1 Å². The van der Waals surface area contributed by atoms with Gasteiger partial charge in [-0.25, -0.2) is 15.0 Å². The van der Waals surface area contributed by atoms with Crippen molar-refractivity contribution in [1.82, 2.24) is 41.6 Å². The van der Waals surface area contributed by atoms with Crippen molar-refractivity contribution in [2.45, 2.75) is 63.3 Å². The Kier molecular flexibility index (Phi) is 11.5. The fourth-order valence-corrected chi connectivity index (χ4v) is 4.19. The van der Waals surface area contributed by atoms with Gasteiger partial charge in [-0.15, -0.1) is 10.2 Å². The molecule has 1 aromatic heterocycles. The van der Waals surface area contributed by atoms with E-state index in [0.29, 0.717) is 25.1 Å². The molecule has 2 heterocycles. The molecule has 17 heteroatoms. The van der Waals surface area contributed by atoms with Crippen LogP contribution >= 0.6 is 0 Å². The van der Waals surface area contributed by atoms with Crippen molar-refractivity contribution in [2.75, 3.05) is 6.54 Å². The lowest BCUT2D eigenvalue weighted by Crippen LogP contribution is -2.58. The molecule has 220 valence electrons. The van der Waals surface area contributed by atoms with E-state index in [1.807, 2.05) is 11.5 Å². The number of likely N-dealkylation sites (tertiary alicyclic amines) is 1. The molecule has 7 N–H and O–H groups in total. The van der Waals surface area contributed by atoms with Crippen LogP contribution < -0.4 is 21.8 Å². The molecule has 0 aliphatic carbocycles. The maximum absolute atomic E-state index is 13.7. The Balaban J connectivity index is 1.72. The minimum absolute atomic E-state index is 0.00962. The second-order valence-electron chi connectivity index (χ2n) is 9.14. The molecule has 1 saturated heterocycles. The summed E-state index contributed by atoms with van der Waals surface area (Å²) in [7, 11) is 0. The standard InChI is InChI=1S/C24H32N10O7/c25-23(39)31-26-13-16(12-20(35)36)27-21(37)18-8-4-5-11-34(18)22(38)17(9-10-19-29-32-33-30-19)28-24(40)41-14-15-6-2-1-3-7-15/h1-3,6-7,13,16-18H,4-5,8-12,14H2,(H,27,37)(H,28,40)(H,35,36)(H3,25,31,39)(H,29,30,32,33)/b26-13+/t16-,17-,18-/m0/s1. The third-order valence-corrected chi connectivity index (χ3v) is 6.09. The van der Waals surface area contributed by atoms with E-state index in [2.05, 4.69) is 36.4 Å². The molecule has 1 aliphatic heterocycles. The number of carboxylic acids is 1. The number of alkyl carbamates (subject to hydrolysis) is 1. The molecular weight excluding hydrogens is 540 g/mol. The number of aromatic nitrogens is 4. The highest BCUT2D eigenvalue weighted by molar-refractivity contribution is 5.93. The number of nitrogens with two attached hydrogens (primary N) is 1. The number of piperidine rings is 1. The van der Waals surface area contributed by atoms with Gasteiger partial charge >= 0.3 is 18.1 Å². The highest BCUT2D eigenvalue weighted by Crippen LogP contribution is 2.20. The topological polar surface area (TPSA) is 247 Å². The molecule has 1 aliphatic rings. The number of nitrogens with zero attached hydrogens (tertiary/aromatic N) is 5. The number of carboxylic acid groups (broad SMARTS) is 1. The van der Waals surface area contributed by atoms with E-state index in [1.54, 1.807) is 24.3 Å². The van der Waals surface area contributed by atoms with Crippen LogP contribution in [0.3, 0.4) is 0 Å². The third kappa shape index (κ3) is 10.2. The van der Waals surface area contributed by atoms with Crippen LogP contribution in [0, 0.1) is 0 Å². The van der Waals surface area contributed by atoms with Crippen LogP contribution in [0.5, 0.6) is 0 Å². The van der Waals surface area contributed by atoms with E-state index in [9.17, 15) is 29.1 Å². The first-order valence-electron chi connectivity index (χ1n) is 12.8. The van der Waals surface area contributed by atoms with Gasteiger partial charge in [-0.05, 0) is 31.2 Å². The molecule has 0 bridgehead atoms. The Morgan fingerprint density at radius 1 is 1.20 bits per heavy atom. The summed E-state index contributed by atoms with van der Waals surface area (Å²) in [4.78, 5) is 63.1. The molecule has 3 atom stereocenters. The fraction of sp³-hybridized carbons (Fsp3) is 0.458. The molecule has 2 aromatic rings. The van der Waals surface area contributed by atoms with Gasteiger partial charge in [0.2, 0.25) is 11.8 Å². The van der Waals surface area contributed by atoms with Gasteiger partial charge in [0.25, 0.3) is 0 Å². The highest BCUT2D eigenvalue weighted by atomic mass is 16.5. The van der Waals surface area contributed by atoms with Gasteiger partial charge in [-0.3, -0.25) is 14.4 Å². The number of aliphatic carboxylic acids is 1. The number of tetrazole rings is 1. The van der Waals surface area contributed by atoms with Crippen molar-refractivity contribution in [3.63, 3.8) is 0 Å². The van der Waals surface area contributed by atoms with Gasteiger partial charge in [-0.1, -0.05) is 35.5 Å². The van der Waals surface area contributed by atoms with E-state index < -0.39 is 54.5 Å². The van der Waals surface area contributed by atoms with Crippen molar-refractivity contribution < 1.29 is 33.8 Å². The number of H-pyrrole nitrogens is 1. The first-order valence-corrected chi connectivity index (χ1v) is 12.8. The zero-order valence-electron chi connectivity index (χ0n) is 22.1. The van der Waals surface area contributed by atoms with Crippen LogP contribution in [0.4, 0.5) is 9.59 Å². The molecule has 1 aromatic carbocycles. The summed E-state index contributed by atoms with van der Waals surface area (Å²) in [5, 5.41) is 31.5. The number of carbonyl (C=O) groups excluding carboxylic acids is 4. The number of benzene rings is 1.